The summed E-state index contributed by atoms with van der Waals surface area (Å²) in [5, 5.41) is 9.83. The Balaban J connectivity index is 1.35. The number of anilines is 1. The first-order chi connectivity index (χ1) is 18.1. The fourth-order valence-electron chi connectivity index (χ4n) is 6.38. The number of benzene rings is 1. The maximum Gasteiger partial charge on any atom is 0.243 e. The van der Waals surface area contributed by atoms with Crippen LogP contribution in [0.3, 0.4) is 0 Å². The van der Waals surface area contributed by atoms with Gasteiger partial charge in [0, 0.05) is 17.6 Å². The maximum absolute atomic E-state index is 14.8. The third-order valence-corrected chi connectivity index (χ3v) is 8.72. The van der Waals surface area contributed by atoms with Gasteiger partial charge in [0.05, 0.1) is 33.9 Å². The van der Waals surface area contributed by atoms with Gasteiger partial charge in [0.25, 0.3) is 0 Å². The standard InChI is InChI=1S/C27H28ClFN6O3/c1-26(2)8-3-11-35(26)21(36)14-34-20-7-4-15(29)23(28)22(20)27(25(34)38)9-10-30-18(12-27)24(37)17-6-5-16-19(32-17)13-31-33-16/h4-7,13,18,30H,3,8-12,14H2,1-2H3,(H,31,33). The van der Waals surface area contributed by atoms with Gasteiger partial charge in [-0.15, -0.1) is 0 Å². The lowest BCUT2D eigenvalue weighted by molar-refractivity contribution is -0.135. The zero-order chi connectivity index (χ0) is 26.8. The van der Waals surface area contributed by atoms with Gasteiger partial charge in [0.15, 0.2) is 5.78 Å². The van der Waals surface area contributed by atoms with E-state index in [1.165, 1.54) is 23.2 Å². The highest BCUT2D eigenvalue weighted by Crippen LogP contribution is 2.52. The number of Topliss-reactive ketones (excluding diaryl/α,β-unsaturated/α-hetero) is 1. The van der Waals surface area contributed by atoms with E-state index in [1.54, 1.807) is 12.1 Å². The predicted octanol–water partition coefficient (Wildman–Crippen LogP) is 3.37. The molecule has 0 aliphatic carbocycles. The highest BCUT2D eigenvalue weighted by Gasteiger charge is 2.56. The third-order valence-electron chi connectivity index (χ3n) is 8.35. The Morgan fingerprint density at radius 2 is 2.03 bits per heavy atom. The second-order valence-electron chi connectivity index (χ2n) is 11.0. The van der Waals surface area contributed by atoms with Gasteiger partial charge in [-0.1, -0.05) is 11.6 Å². The van der Waals surface area contributed by atoms with E-state index in [1.807, 2.05) is 18.7 Å². The number of amides is 2. The quantitative estimate of drug-likeness (QED) is 0.493. The van der Waals surface area contributed by atoms with Crippen molar-refractivity contribution in [1.82, 2.24) is 25.4 Å². The third kappa shape index (κ3) is 3.72. The normalized spacial score (nSPS) is 24.4. The SMILES string of the molecule is CC1(C)CCCN1C(=O)CN1C(=O)C2(CCNC(C(=O)c3ccc4[nH]ncc4n3)C2)c2c1ccc(F)c2Cl. The number of fused-ring (bicyclic) bond motifs is 3. The molecule has 2 amide bonds. The number of aromatic nitrogens is 3. The average Bonchev–Trinajstić information content (AvgIpc) is 3.57. The van der Waals surface area contributed by atoms with Crippen LogP contribution in [-0.2, 0) is 15.0 Å². The molecule has 0 saturated carbocycles. The van der Waals surface area contributed by atoms with Crippen LogP contribution in [0.4, 0.5) is 10.1 Å². The highest BCUT2D eigenvalue weighted by atomic mass is 35.5. The number of likely N-dealkylation sites (tertiary alicyclic amines) is 1. The Kier molecular flexibility index (Phi) is 5.80. The summed E-state index contributed by atoms with van der Waals surface area (Å²) < 4.78 is 14.8. The molecular formula is C27H28ClFN6O3. The van der Waals surface area contributed by atoms with Gasteiger partial charge in [0.2, 0.25) is 11.8 Å². The lowest BCUT2D eigenvalue weighted by atomic mass is 9.70. The van der Waals surface area contributed by atoms with Gasteiger partial charge in [-0.2, -0.15) is 5.10 Å². The number of nitrogens with one attached hydrogen (secondary N) is 2. The van der Waals surface area contributed by atoms with Crippen LogP contribution in [0.15, 0.2) is 30.5 Å². The summed E-state index contributed by atoms with van der Waals surface area (Å²) in [5.41, 5.74) is 0.763. The number of rotatable bonds is 4. The first-order valence-electron chi connectivity index (χ1n) is 12.8. The zero-order valence-electron chi connectivity index (χ0n) is 21.2. The molecule has 2 aromatic heterocycles. The molecule has 6 rings (SSSR count). The molecule has 3 aliphatic rings. The summed E-state index contributed by atoms with van der Waals surface area (Å²) in [6.45, 7) is 4.84. The lowest BCUT2D eigenvalue weighted by Crippen LogP contribution is -2.55. The van der Waals surface area contributed by atoms with E-state index in [0.29, 0.717) is 41.8 Å². The molecule has 9 nitrogen and oxygen atoms in total. The number of hydrogen-bond acceptors (Lipinski definition) is 6. The van der Waals surface area contributed by atoms with Crippen molar-refractivity contribution in [3.8, 4) is 0 Å². The lowest BCUT2D eigenvalue weighted by Gasteiger charge is -2.38. The number of carbonyl (C=O) groups is 3. The van der Waals surface area contributed by atoms with Crippen LogP contribution in [0, 0.1) is 5.82 Å². The number of H-pyrrole nitrogens is 1. The summed E-state index contributed by atoms with van der Waals surface area (Å²) in [6.07, 6.45) is 3.72. The Hall–Kier alpha value is -3.37. The number of halogens is 2. The van der Waals surface area contributed by atoms with Crippen LogP contribution in [0.5, 0.6) is 0 Å². The molecule has 2 atom stereocenters. The van der Waals surface area contributed by atoms with E-state index < -0.39 is 17.3 Å². The fourth-order valence-corrected chi connectivity index (χ4v) is 6.72. The summed E-state index contributed by atoms with van der Waals surface area (Å²) >= 11 is 6.52. The van der Waals surface area contributed by atoms with E-state index in [-0.39, 0.29) is 46.8 Å². The van der Waals surface area contributed by atoms with Crippen molar-refractivity contribution in [2.45, 2.75) is 56.5 Å². The largest absolute Gasteiger partial charge is 0.336 e. The summed E-state index contributed by atoms with van der Waals surface area (Å²) in [5.74, 6) is -1.41. The van der Waals surface area contributed by atoms with E-state index >= 15 is 0 Å². The molecule has 2 unspecified atom stereocenters. The molecule has 1 spiro atoms. The molecule has 38 heavy (non-hydrogen) atoms. The first kappa shape index (κ1) is 24.9. The summed E-state index contributed by atoms with van der Waals surface area (Å²) in [7, 11) is 0. The molecule has 1 aromatic carbocycles. The Morgan fingerprint density at radius 1 is 1.21 bits per heavy atom. The molecule has 0 bridgehead atoms. The minimum Gasteiger partial charge on any atom is -0.336 e. The van der Waals surface area contributed by atoms with Crippen molar-refractivity contribution in [2.75, 3.05) is 24.5 Å². The Bertz CT molecular complexity index is 1490. The molecule has 2 fully saturated rings. The smallest absolute Gasteiger partial charge is 0.243 e. The van der Waals surface area contributed by atoms with Gasteiger partial charge < -0.3 is 15.1 Å². The van der Waals surface area contributed by atoms with Gasteiger partial charge >= 0.3 is 0 Å². The van der Waals surface area contributed by atoms with Crippen LogP contribution >= 0.6 is 11.6 Å². The van der Waals surface area contributed by atoms with E-state index in [2.05, 4.69) is 20.5 Å². The van der Waals surface area contributed by atoms with Gasteiger partial charge in [-0.05, 0) is 70.3 Å². The Labute approximate surface area is 223 Å². The van der Waals surface area contributed by atoms with Gasteiger partial charge in [-0.25, -0.2) is 9.37 Å². The van der Waals surface area contributed by atoms with Crippen LogP contribution < -0.4 is 10.2 Å². The number of hydrogen-bond donors (Lipinski definition) is 2. The second-order valence-corrected chi connectivity index (χ2v) is 11.4. The number of pyridine rings is 1. The van der Waals surface area contributed by atoms with E-state index in [4.69, 9.17) is 11.6 Å². The average molecular weight is 539 g/mol. The van der Waals surface area contributed by atoms with Crippen molar-refractivity contribution in [3.63, 3.8) is 0 Å². The molecule has 198 valence electrons. The topological polar surface area (TPSA) is 111 Å². The monoisotopic (exact) mass is 538 g/mol. The van der Waals surface area contributed by atoms with E-state index in [0.717, 1.165) is 12.8 Å². The van der Waals surface area contributed by atoms with Crippen molar-refractivity contribution >= 4 is 45.9 Å². The molecule has 3 aromatic rings. The molecule has 2 saturated heterocycles. The molecule has 3 aliphatic heterocycles. The maximum atomic E-state index is 14.8. The first-order valence-corrected chi connectivity index (χ1v) is 13.2. The predicted molar refractivity (Wildman–Crippen MR) is 140 cm³/mol. The minimum atomic E-state index is -1.24. The zero-order valence-corrected chi connectivity index (χ0v) is 21.9. The molecule has 5 heterocycles. The van der Waals surface area contributed by atoms with Gasteiger partial charge in [-0.3, -0.25) is 19.5 Å². The van der Waals surface area contributed by atoms with Crippen molar-refractivity contribution in [3.05, 3.63) is 52.6 Å². The molecule has 11 heteroatoms. The van der Waals surface area contributed by atoms with Crippen molar-refractivity contribution < 1.29 is 18.8 Å². The number of aromatic amines is 1. The number of ketones is 1. The number of piperidine rings is 1. The van der Waals surface area contributed by atoms with E-state index in [9.17, 15) is 18.8 Å². The highest BCUT2D eigenvalue weighted by molar-refractivity contribution is 6.33. The van der Waals surface area contributed by atoms with Crippen molar-refractivity contribution in [1.29, 1.82) is 0 Å². The molecule has 2 N–H and O–H groups in total. The van der Waals surface area contributed by atoms with Crippen LogP contribution in [0.1, 0.15) is 55.6 Å². The van der Waals surface area contributed by atoms with Crippen LogP contribution in [-0.4, -0.2) is 68.9 Å². The summed E-state index contributed by atoms with van der Waals surface area (Å²) in [6, 6.07) is 5.34. The van der Waals surface area contributed by atoms with Crippen LogP contribution in [0.25, 0.3) is 11.0 Å². The fraction of sp³-hybridized carbons (Fsp3) is 0.444. The minimum absolute atomic E-state index is 0.0752. The number of carbonyl (C=O) groups excluding carboxylic acids is 3. The Morgan fingerprint density at radius 3 is 2.79 bits per heavy atom. The summed E-state index contributed by atoms with van der Waals surface area (Å²) in [4.78, 5) is 48.7. The number of nitrogens with zero attached hydrogens (tertiary/aromatic N) is 4. The molecular weight excluding hydrogens is 511 g/mol. The van der Waals surface area contributed by atoms with Crippen molar-refractivity contribution in [2.24, 2.45) is 0 Å². The van der Waals surface area contributed by atoms with Gasteiger partial charge in [0.1, 0.15) is 23.6 Å². The van der Waals surface area contributed by atoms with Crippen LogP contribution in [0.2, 0.25) is 5.02 Å². The molecule has 0 radical (unpaired) electrons. The second kappa shape index (κ2) is 8.84.